The number of pyridine rings is 1. The molecule has 7 nitrogen and oxygen atoms in total. The van der Waals surface area contributed by atoms with Gasteiger partial charge in [0.25, 0.3) is 5.56 Å². The summed E-state index contributed by atoms with van der Waals surface area (Å²) in [6.45, 7) is 2.52. The van der Waals surface area contributed by atoms with Crippen LogP contribution in [0.2, 0.25) is 5.15 Å². The molecule has 3 heterocycles. The lowest BCUT2D eigenvalue weighted by atomic mass is 10.2. The van der Waals surface area contributed by atoms with Crippen molar-refractivity contribution in [3.63, 3.8) is 0 Å². The summed E-state index contributed by atoms with van der Waals surface area (Å²) in [6.07, 6.45) is 4.93. The summed E-state index contributed by atoms with van der Waals surface area (Å²) in [5.41, 5.74) is 1.71. The molecule has 0 saturated heterocycles. The van der Waals surface area contributed by atoms with E-state index < -0.39 is 0 Å². The summed E-state index contributed by atoms with van der Waals surface area (Å²) in [7, 11) is 0. The molecule has 0 saturated carbocycles. The highest BCUT2D eigenvalue weighted by Gasteiger charge is 2.13. The average molecular weight is 408 g/mol. The molecule has 146 valence electrons. The minimum absolute atomic E-state index is 0.195. The van der Waals surface area contributed by atoms with E-state index in [4.69, 9.17) is 11.6 Å². The number of H-pyrrole nitrogens is 1. The van der Waals surface area contributed by atoms with Crippen molar-refractivity contribution in [2.45, 2.75) is 13.5 Å². The molecule has 0 aliphatic carbocycles. The number of imidazole rings is 1. The maximum atomic E-state index is 12.7. The first-order valence-corrected chi connectivity index (χ1v) is 9.52. The van der Waals surface area contributed by atoms with Crippen molar-refractivity contribution in [3.05, 3.63) is 81.8 Å². The number of carbonyl (C=O) groups excluding carboxylic acids is 1. The van der Waals surface area contributed by atoms with Crippen LogP contribution in [0.3, 0.4) is 0 Å². The Morgan fingerprint density at radius 1 is 1.21 bits per heavy atom. The summed E-state index contributed by atoms with van der Waals surface area (Å²) in [6, 6.07) is 12.7. The zero-order valence-corrected chi connectivity index (χ0v) is 16.4. The van der Waals surface area contributed by atoms with E-state index in [1.54, 1.807) is 29.2 Å². The fourth-order valence-electron chi connectivity index (χ4n) is 3.13. The standard InChI is InChI=1S/C21H18ClN5O2/c1-2-26(13-17-23-15-8-4-3-7-14(15)21(29)24-17)19(28)11-10-16-20(22)25-18-9-5-6-12-27(16)18/h3-12H,2,13H2,1H3,(H,23,24,29)/b11-10+. The SMILES string of the molecule is CCN(Cc1nc2ccccc2c(=O)[nH]1)C(=O)/C=C/c1c(Cl)nc2ccccn12. The molecular formula is C21H18ClN5O2. The summed E-state index contributed by atoms with van der Waals surface area (Å²) in [4.78, 5) is 38.0. The van der Waals surface area contributed by atoms with Gasteiger partial charge in [-0.2, -0.15) is 0 Å². The Balaban J connectivity index is 1.58. The number of aromatic nitrogens is 4. The van der Waals surface area contributed by atoms with Crippen molar-refractivity contribution < 1.29 is 4.79 Å². The number of amides is 1. The summed E-state index contributed by atoms with van der Waals surface area (Å²) in [5.74, 6) is 0.218. The maximum Gasteiger partial charge on any atom is 0.258 e. The van der Waals surface area contributed by atoms with Crippen LogP contribution in [0.15, 0.2) is 59.5 Å². The molecule has 0 unspecified atom stereocenters. The molecule has 1 N–H and O–H groups in total. The van der Waals surface area contributed by atoms with Gasteiger partial charge in [0.1, 0.15) is 11.5 Å². The summed E-state index contributed by atoms with van der Waals surface area (Å²) >= 11 is 6.21. The van der Waals surface area contributed by atoms with Crippen molar-refractivity contribution in [2.24, 2.45) is 0 Å². The third-order valence-electron chi connectivity index (χ3n) is 4.60. The second kappa shape index (κ2) is 7.89. The van der Waals surface area contributed by atoms with Gasteiger partial charge in [0, 0.05) is 18.8 Å². The molecule has 1 amide bonds. The van der Waals surface area contributed by atoms with Gasteiger partial charge in [-0.15, -0.1) is 0 Å². The number of nitrogens with zero attached hydrogens (tertiary/aromatic N) is 4. The molecule has 29 heavy (non-hydrogen) atoms. The highest BCUT2D eigenvalue weighted by Crippen LogP contribution is 2.19. The zero-order valence-electron chi connectivity index (χ0n) is 15.7. The highest BCUT2D eigenvalue weighted by molar-refractivity contribution is 6.31. The third-order valence-corrected chi connectivity index (χ3v) is 4.88. The smallest absolute Gasteiger partial charge is 0.258 e. The molecule has 1 aromatic carbocycles. The number of para-hydroxylation sites is 1. The van der Waals surface area contributed by atoms with Crippen molar-refractivity contribution in [1.82, 2.24) is 24.3 Å². The Labute approximate surface area is 171 Å². The van der Waals surface area contributed by atoms with E-state index in [-0.39, 0.29) is 18.0 Å². The van der Waals surface area contributed by atoms with Crippen LogP contribution >= 0.6 is 11.6 Å². The topological polar surface area (TPSA) is 83.4 Å². The zero-order chi connectivity index (χ0) is 20.4. The number of rotatable bonds is 5. The largest absolute Gasteiger partial charge is 0.332 e. The van der Waals surface area contributed by atoms with Crippen molar-refractivity contribution in [1.29, 1.82) is 0 Å². The van der Waals surface area contributed by atoms with Gasteiger partial charge in [-0.3, -0.25) is 14.0 Å². The lowest BCUT2D eigenvalue weighted by molar-refractivity contribution is -0.126. The second-order valence-electron chi connectivity index (χ2n) is 6.43. The van der Waals surface area contributed by atoms with Crippen LogP contribution in [-0.4, -0.2) is 36.7 Å². The van der Waals surface area contributed by atoms with Gasteiger partial charge in [0.2, 0.25) is 5.91 Å². The van der Waals surface area contributed by atoms with Gasteiger partial charge in [-0.25, -0.2) is 9.97 Å². The van der Waals surface area contributed by atoms with E-state index in [1.807, 2.05) is 41.8 Å². The first-order chi connectivity index (χ1) is 14.1. The minimum atomic E-state index is -0.220. The van der Waals surface area contributed by atoms with Crippen LogP contribution in [0.5, 0.6) is 0 Å². The van der Waals surface area contributed by atoms with Crippen molar-refractivity contribution in [3.8, 4) is 0 Å². The molecule has 3 aromatic heterocycles. The minimum Gasteiger partial charge on any atom is -0.332 e. The lowest BCUT2D eigenvalue weighted by Crippen LogP contribution is -2.30. The van der Waals surface area contributed by atoms with E-state index in [0.717, 1.165) is 0 Å². The van der Waals surface area contributed by atoms with Gasteiger partial charge in [-0.05, 0) is 37.3 Å². The fraction of sp³-hybridized carbons (Fsp3) is 0.143. The number of likely N-dealkylation sites (N-methyl/N-ethyl adjacent to an activating group) is 1. The monoisotopic (exact) mass is 407 g/mol. The number of aromatic amines is 1. The number of nitrogens with one attached hydrogen (secondary N) is 1. The van der Waals surface area contributed by atoms with Crippen LogP contribution in [0.25, 0.3) is 22.6 Å². The molecule has 8 heteroatoms. The molecule has 0 fully saturated rings. The number of benzene rings is 1. The number of hydrogen-bond donors (Lipinski definition) is 1. The van der Waals surface area contributed by atoms with Gasteiger partial charge < -0.3 is 9.88 Å². The van der Waals surface area contributed by atoms with Gasteiger partial charge in [0.15, 0.2) is 5.15 Å². The Morgan fingerprint density at radius 2 is 2.00 bits per heavy atom. The third kappa shape index (κ3) is 3.77. The second-order valence-corrected chi connectivity index (χ2v) is 6.79. The van der Waals surface area contributed by atoms with Gasteiger partial charge in [-0.1, -0.05) is 29.8 Å². The predicted octanol–water partition coefficient (Wildman–Crippen LogP) is 3.29. The number of carbonyl (C=O) groups is 1. The van der Waals surface area contributed by atoms with Crippen LogP contribution in [-0.2, 0) is 11.3 Å². The Kier molecular flexibility index (Phi) is 5.14. The Bertz CT molecular complexity index is 1290. The number of halogens is 1. The molecule has 0 radical (unpaired) electrons. The predicted molar refractivity (Wildman–Crippen MR) is 113 cm³/mol. The van der Waals surface area contributed by atoms with Gasteiger partial charge >= 0.3 is 0 Å². The summed E-state index contributed by atoms with van der Waals surface area (Å²) < 4.78 is 1.81. The molecular weight excluding hydrogens is 390 g/mol. The maximum absolute atomic E-state index is 12.7. The lowest BCUT2D eigenvalue weighted by Gasteiger charge is -2.18. The van der Waals surface area contributed by atoms with E-state index >= 15 is 0 Å². The van der Waals surface area contributed by atoms with Gasteiger partial charge in [0.05, 0.1) is 23.1 Å². The van der Waals surface area contributed by atoms with E-state index in [0.29, 0.717) is 39.8 Å². The van der Waals surface area contributed by atoms with Crippen LogP contribution < -0.4 is 5.56 Å². The van der Waals surface area contributed by atoms with Crippen LogP contribution in [0, 0.1) is 0 Å². The molecule has 0 aliphatic rings. The van der Waals surface area contributed by atoms with Crippen LogP contribution in [0.1, 0.15) is 18.4 Å². The van der Waals surface area contributed by atoms with Crippen LogP contribution in [0.4, 0.5) is 0 Å². The molecule has 0 spiro atoms. The molecule has 4 rings (SSSR count). The average Bonchev–Trinajstić information content (AvgIpc) is 3.05. The first-order valence-electron chi connectivity index (χ1n) is 9.14. The summed E-state index contributed by atoms with van der Waals surface area (Å²) in [5, 5.41) is 0.844. The molecule has 4 aromatic rings. The quantitative estimate of drug-likeness (QED) is 0.514. The van der Waals surface area contributed by atoms with E-state index in [1.165, 1.54) is 6.08 Å². The number of fused-ring (bicyclic) bond motifs is 2. The molecule has 0 aliphatic heterocycles. The first kappa shape index (κ1) is 18.9. The van der Waals surface area contributed by atoms with E-state index in [2.05, 4.69) is 15.0 Å². The number of hydrogen-bond acceptors (Lipinski definition) is 4. The Morgan fingerprint density at radius 3 is 2.83 bits per heavy atom. The molecule has 0 bridgehead atoms. The highest BCUT2D eigenvalue weighted by atomic mass is 35.5. The van der Waals surface area contributed by atoms with Crippen molar-refractivity contribution >= 4 is 40.1 Å². The Hall–Kier alpha value is -3.45. The normalized spacial score (nSPS) is 11.5. The molecule has 0 atom stereocenters. The van der Waals surface area contributed by atoms with E-state index in [9.17, 15) is 9.59 Å². The van der Waals surface area contributed by atoms with Crippen molar-refractivity contribution in [2.75, 3.05) is 6.54 Å². The fourth-order valence-corrected chi connectivity index (χ4v) is 3.37.